The van der Waals surface area contributed by atoms with Crippen LogP contribution in [0.5, 0.6) is 0 Å². The maximum absolute atomic E-state index is 5.79. The van der Waals surface area contributed by atoms with Gasteiger partial charge in [0.25, 0.3) is 0 Å². The molecule has 0 amide bonds. The average molecular weight is 406 g/mol. The molecule has 150 valence electrons. The molecule has 1 saturated heterocycles. The van der Waals surface area contributed by atoms with Gasteiger partial charge in [0.15, 0.2) is 5.11 Å². The molecular weight excluding hydrogens is 378 g/mol. The van der Waals surface area contributed by atoms with Gasteiger partial charge in [0.1, 0.15) is 0 Å². The Morgan fingerprint density at radius 2 is 1.86 bits per heavy atom. The molecule has 2 atom stereocenters. The summed E-state index contributed by atoms with van der Waals surface area (Å²) in [6.07, 6.45) is 5.51. The van der Waals surface area contributed by atoms with Crippen molar-refractivity contribution in [3.05, 3.63) is 83.2 Å². The highest BCUT2D eigenvalue weighted by Gasteiger charge is 2.41. The Hall–Kier alpha value is -2.73. The third-order valence-corrected chi connectivity index (χ3v) is 6.01. The molecule has 0 bridgehead atoms. The summed E-state index contributed by atoms with van der Waals surface area (Å²) in [5, 5.41) is 4.31. The van der Waals surface area contributed by atoms with E-state index in [9.17, 15) is 0 Å². The lowest BCUT2D eigenvalue weighted by Gasteiger charge is -2.28. The van der Waals surface area contributed by atoms with Crippen molar-refractivity contribution in [3.8, 4) is 0 Å². The smallest absolute Gasteiger partial charge is 0.170 e. The topological polar surface area (TPSA) is 46.0 Å². The molecule has 6 heteroatoms. The second kappa shape index (κ2) is 7.95. The highest BCUT2D eigenvalue weighted by Crippen LogP contribution is 2.42. The van der Waals surface area contributed by atoms with Crippen LogP contribution in [0.2, 0.25) is 0 Å². The summed E-state index contributed by atoms with van der Waals surface area (Å²) in [4.78, 5) is 11.1. The third-order valence-electron chi connectivity index (χ3n) is 5.66. The lowest BCUT2D eigenvalue weighted by Crippen LogP contribution is -2.29. The van der Waals surface area contributed by atoms with Crippen LogP contribution in [0.15, 0.2) is 55.0 Å². The van der Waals surface area contributed by atoms with Crippen molar-refractivity contribution >= 4 is 17.3 Å². The molecule has 4 rings (SSSR count). The van der Waals surface area contributed by atoms with Gasteiger partial charge in [-0.3, -0.25) is 9.97 Å². The molecule has 1 aliphatic rings. The van der Waals surface area contributed by atoms with E-state index in [1.165, 1.54) is 22.5 Å². The molecule has 5 nitrogen and oxygen atoms in total. The molecule has 29 heavy (non-hydrogen) atoms. The number of nitrogens with one attached hydrogen (secondary N) is 1. The van der Waals surface area contributed by atoms with Gasteiger partial charge in [0, 0.05) is 42.6 Å². The predicted molar refractivity (Wildman–Crippen MR) is 120 cm³/mol. The van der Waals surface area contributed by atoms with Crippen molar-refractivity contribution in [2.24, 2.45) is 0 Å². The molecular formula is C23H27N5S. The fourth-order valence-corrected chi connectivity index (χ4v) is 4.80. The first-order valence-corrected chi connectivity index (χ1v) is 10.4. The molecule has 3 aromatic heterocycles. The Bertz CT molecular complexity index is 997. The van der Waals surface area contributed by atoms with Crippen LogP contribution in [0.25, 0.3) is 0 Å². The molecule has 0 radical (unpaired) electrons. The molecule has 0 aromatic carbocycles. The van der Waals surface area contributed by atoms with Crippen LogP contribution in [0.4, 0.5) is 0 Å². The Labute approximate surface area is 177 Å². The standard InChI is InChI=1S/C23H27N5S/c1-15(2)28-16(3)13-19(17(28)4)22-21(20-7-5-6-10-25-20)26-23(29)27(22)14-18-8-11-24-12-9-18/h5-13,15,21-22H,14H2,1-4H3,(H,26,29). The molecule has 3 aromatic rings. The first-order valence-electron chi connectivity index (χ1n) is 10.0. The minimum atomic E-state index is 0.00616. The van der Waals surface area contributed by atoms with E-state index in [1.807, 2.05) is 42.9 Å². The fourth-order valence-electron chi connectivity index (χ4n) is 4.50. The maximum Gasteiger partial charge on any atom is 0.170 e. The number of hydrogen-bond donors (Lipinski definition) is 1. The van der Waals surface area contributed by atoms with Crippen LogP contribution in [-0.2, 0) is 6.54 Å². The van der Waals surface area contributed by atoms with Crippen molar-refractivity contribution in [3.63, 3.8) is 0 Å². The van der Waals surface area contributed by atoms with E-state index >= 15 is 0 Å². The lowest BCUT2D eigenvalue weighted by atomic mass is 9.96. The summed E-state index contributed by atoms with van der Waals surface area (Å²) in [7, 11) is 0. The van der Waals surface area contributed by atoms with Gasteiger partial charge in [0.2, 0.25) is 0 Å². The summed E-state index contributed by atoms with van der Waals surface area (Å²) < 4.78 is 2.40. The van der Waals surface area contributed by atoms with Crippen LogP contribution >= 0.6 is 12.2 Å². The summed E-state index contributed by atoms with van der Waals surface area (Å²) in [5.41, 5.74) is 6.05. The van der Waals surface area contributed by atoms with Crippen molar-refractivity contribution in [1.82, 2.24) is 24.8 Å². The highest BCUT2D eigenvalue weighted by molar-refractivity contribution is 7.80. The first-order chi connectivity index (χ1) is 14.0. The van der Waals surface area contributed by atoms with Gasteiger partial charge in [-0.2, -0.15) is 0 Å². The number of rotatable bonds is 5. The predicted octanol–water partition coefficient (Wildman–Crippen LogP) is 4.65. The van der Waals surface area contributed by atoms with Gasteiger partial charge in [-0.1, -0.05) is 6.07 Å². The van der Waals surface area contributed by atoms with Crippen LogP contribution < -0.4 is 5.32 Å². The number of thiocarbonyl (C=S) groups is 1. The monoisotopic (exact) mass is 405 g/mol. The minimum absolute atomic E-state index is 0.00616. The molecule has 1 N–H and O–H groups in total. The summed E-state index contributed by atoms with van der Waals surface area (Å²) >= 11 is 5.79. The van der Waals surface area contributed by atoms with Crippen LogP contribution in [0, 0.1) is 13.8 Å². The third kappa shape index (κ3) is 3.65. The van der Waals surface area contributed by atoms with E-state index in [0.717, 1.165) is 17.4 Å². The van der Waals surface area contributed by atoms with Gasteiger partial charge in [0.05, 0.1) is 17.8 Å². The SMILES string of the molecule is Cc1cc(C2C(c3ccccn3)NC(=S)N2Cc2ccncc2)c(C)n1C(C)C. The highest BCUT2D eigenvalue weighted by atomic mass is 32.1. The van der Waals surface area contributed by atoms with E-state index in [4.69, 9.17) is 12.2 Å². The van der Waals surface area contributed by atoms with Gasteiger partial charge >= 0.3 is 0 Å². The Balaban J connectivity index is 1.81. The normalized spacial score (nSPS) is 19.1. The number of hydrogen-bond acceptors (Lipinski definition) is 3. The zero-order chi connectivity index (χ0) is 20.5. The average Bonchev–Trinajstić information content (AvgIpc) is 3.19. The minimum Gasteiger partial charge on any atom is -0.352 e. The van der Waals surface area contributed by atoms with Crippen LogP contribution in [-0.4, -0.2) is 24.5 Å². The number of nitrogens with zero attached hydrogens (tertiary/aromatic N) is 4. The number of pyridine rings is 2. The van der Waals surface area contributed by atoms with Crippen molar-refractivity contribution in [2.45, 2.75) is 52.4 Å². The first kappa shape index (κ1) is 19.6. The molecule has 0 saturated carbocycles. The Morgan fingerprint density at radius 1 is 1.10 bits per heavy atom. The Morgan fingerprint density at radius 3 is 2.48 bits per heavy atom. The summed E-state index contributed by atoms with van der Waals surface area (Å²) in [6, 6.07) is 13.0. The van der Waals surface area contributed by atoms with E-state index < -0.39 is 0 Å². The number of aryl methyl sites for hydroxylation is 1. The van der Waals surface area contributed by atoms with E-state index in [2.05, 4.69) is 64.6 Å². The maximum atomic E-state index is 5.79. The zero-order valence-electron chi connectivity index (χ0n) is 17.3. The molecule has 4 heterocycles. The van der Waals surface area contributed by atoms with Gasteiger partial charge in [-0.25, -0.2) is 0 Å². The molecule has 1 fully saturated rings. The van der Waals surface area contributed by atoms with Gasteiger partial charge < -0.3 is 14.8 Å². The molecule has 0 spiro atoms. The van der Waals surface area contributed by atoms with E-state index in [1.54, 1.807) is 0 Å². The van der Waals surface area contributed by atoms with Crippen molar-refractivity contribution < 1.29 is 0 Å². The summed E-state index contributed by atoms with van der Waals surface area (Å²) in [5.74, 6) is 0. The second-order valence-corrected chi connectivity index (χ2v) is 8.29. The quantitative estimate of drug-likeness (QED) is 0.626. The van der Waals surface area contributed by atoms with Gasteiger partial charge in [-0.05, 0) is 81.4 Å². The zero-order valence-corrected chi connectivity index (χ0v) is 18.1. The lowest BCUT2D eigenvalue weighted by molar-refractivity contribution is 0.309. The van der Waals surface area contributed by atoms with Crippen LogP contribution in [0.1, 0.15) is 60.2 Å². The van der Waals surface area contributed by atoms with Crippen LogP contribution in [0.3, 0.4) is 0 Å². The van der Waals surface area contributed by atoms with E-state index in [0.29, 0.717) is 6.04 Å². The van der Waals surface area contributed by atoms with Gasteiger partial charge in [-0.15, -0.1) is 0 Å². The largest absolute Gasteiger partial charge is 0.352 e. The molecule has 2 unspecified atom stereocenters. The molecule has 0 aliphatic carbocycles. The summed E-state index contributed by atoms with van der Waals surface area (Å²) in [6.45, 7) is 9.58. The van der Waals surface area contributed by atoms with E-state index in [-0.39, 0.29) is 12.1 Å². The number of aromatic nitrogens is 3. The molecule has 1 aliphatic heterocycles. The fraction of sp³-hybridized carbons (Fsp3) is 0.348. The second-order valence-electron chi connectivity index (χ2n) is 7.90. The van der Waals surface area contributed by atoms with Crippen molar-refractivity contribution in [1.29, 1.82) is 0 Å². The van der Waals surface area contributed by atoms with Crippen molar-refractivity contribution in [2.75, 3.05) is 0 Å². The Kier molecular flexibility index (Phi) is 5.37.